The highest BCUT2D eigenvalue weighted by Gasteiger charge is 2.48. The molecule has 9 heteroatoms. The lowest BCUT2D eigenvalue weighted by Gasteiger charge is -2.56. The SMILES string of the molecule is NC1CN(c2ccccc2O)C1N1C[C@H]2CC[C@@H](C1)N2c1cccc(OCC2CN(C(=O)OCc3ccccc3)C2)c1. The fourth-order valence-electron chi connectivity index (χ4n) is 7.09. The van der Waals surface area contributed by atoms with Gasteiger partial charge in [-0.25, -0.2) is 4.79 Å². The number of hydrogen-bond acceptors (Lipinski definition) is 8. The second-order valence-electron chi connectivity index (χ2n) is 12.1. The molecule has 0 spiro atoms. The van der Waals surface area contributed by atoms with Gasteiger partial charge in [0.15, 0.2) is 0 Å². The van der Waals surface area contributed by atoms with Gasteiger partial charge in [-0.2, -0.15) is 0 Å². The molecule has 4 saturated heterocycles. The molecule has 2 unspecified atom stereocenters. The van der Waals surface area contributed by atoms with Crippen LogP contribution in [0, 0.1) is 5.92 Å². The van der Waals surface area contributed by atoms with Gasteiger partial charge in [-0.05, 0) is 42.7 Å². The Labute approximate surface area is 247 Å². The normalized spacial score (nSPS) is 25.6. The highest BCUT2D eigenvalue weighted by molar-refractivity contribution is 5.68. The molecule has 4 atom stereocenters. The number of fused-ring (bicyclic) bond motifs is 2. The number of phenols is 1. The molecule has 2 bridgehead atoms. The average Bonchev–Trinajstić information content (AvgIpc) is 3.25. The molecular formula is C33H39N5O4. The van der Waals surface area contributed by atoms with E-state index in [2.05, 4.69) is 32.9 Å². The summed E-state index contributed by atoms with van der Waals surface area (Å²) in [5.41, 5.74) is 9.58. The first-order chi connectivity index (χ1) is 20.5. The van der Waals surface area contributed by atoms with Crippen molar-refractivity contribution in [2.75, 3.05) is 49.1 Å². The van der Waals surface area contributed by atoms with Crippen LogP contribution in [0.4, 0.5) is 16.2 Å². The van der Waals surface area contributed by atoms with E-state index in [4.69, 9.17) is 15.2 Å². The standard InChI is InChI=1S/C33H39N5O4/c34-29-20-37(30-11-4-5-12-31(30)39)32(29)35-18-26-13-14-27(19-35)38(26)25-9-6-10-28(15-25)41-22-24-16-36(17-24)33(40)42-21-23-7-2-1-3-8-23/h1-12,15,24,26-27,29,32,39H,13-14,16-22,34H2/t26-,27+,29?,32?. The Bertz CT molecular complexity index is 1390. The van der Waals surface area contributed by atoms with E-state index >= 15 is 0 Å². The van der Waals surface area contributed by atoms with Crippen LogP contribution in [0.15, 0.2) is 78.9 Å². The van der Waals surface area contributed by atoms with Gasteiger partial charge in [0.2, 0.25) is 0 Å². The van der Waals surface area contributed by atoms with Gasteiger partial charge in [-0.15, -0.1) is 0 Å². The highest BCUT2D eigenvalue weighted by Crippen LogP contribution is 2.40. The molecule has 4 fully saturated rings. The van der Waals surface area contributed by atoms with Crippen molar-refractivity contribution in [1.29, 1.82) is 0 Å². The van der Waals surface area contributed by atoms with Crippen LogP contribution in [0.3, 0.4) is 0 Å². The number of ether oxygens (including phenoxy) is 2. The summed E-state index contributed by atoms with van der Waals surface area (Å²) in [6.07, 6.45) is 2.15. The number of piperazine rings is 1. The largest absolute Gasteiger partial charge is 0.506 e. The number of nitrogens with two attached hydrogens (primary N) is 1. The van der Waals surface area contributed by atoms with E-state index in [0.717, 1.165) is 49.5 Å². The molecule has 4 heterocycles. The lowest BCUT2D eigenvalue weighted by Crippen LogP contribution is -2.74. The maximum Gasteiger partial charge on any atom is 0.410 e. The lowest BCUT2D eigenvalue weighted by molar-refractivity contribution is 0.0343. The second kappa shape index (κ2) is 11.4. The Hall–Kier alpha value is -3.95. The molecule has 3 aromatic rings. The van der Waals surface area contributed by atoms with Gasteiger partial charge in [0.05, 0.1) is 24.5 Å². The van der Waals surface area contributed by atoms with E-state index in [1.807, 2.05) is 54.6 Å². The summed E-state index contributed by atoms with van der Waals surface area (Å²) >= 11 is 0. The molecule has 0 radical (unpaired) electrons. The molecule has 3 aromatic carbocycles. The number of benzene rings is 3. The quantitative estimate of drug-likeness (QED) is 0.423. The fraction of sp³-hybridized carbons (Fsp3) is 0.424. The minimum Gasteiger partial charge on any atom is -0.506 e. The highest BCUT2D eigenvalue weighted by atomic mass is 16.6. The molecule has 7 rings (SSSR count). The average molecular weight is 570 g/mol. The lowest BCUT2D eigenvalue weighted by atomic mass is 9.99. The van der Waals surface area contributed by atoms with Gasteiger partial charge in [-0.1, -0.05) is 48.5 Å². The van der Waals surface area contributed by atoms with Gasteiger partial charge < -0.3 is 35.0 Å². The first-order valence-corrected chi connectivity index (χ1v) is 15.0. The van der Waals surface area contributed by atoms with E-state index < -0.39 is 0 Å². The Morgan fingerprint density at radius 3 is 2.36 bits per heavy atom. The summed E-state index contributed by atoms with van der Waals surface area (Å²) in [5, 5.41) is 10.4. The van der Waals surface area contributed by atoms with Crippen LogP contribution in [0.1, 0.15) is 18.4 Å². The molecular weight excluding hydrogens is 530 g/mol. The maximum atomic E-state index is 12.3. The van der Waals surface area contributed by atoms with Crippen LogP contribution in [-0.4, -0.2) is 84.6 Å². The molecule has 0 saturated carbocycles. The van der Waals surface area contributed by atoms with Crippen LogP contribution in [0.25, 0.3) is 0 Å². The van der Waals surface area contributed by atoms with E-state index in [1.165, 1.54) is 5.69 Å². The van der Waals surface area contributed by atoms with Crippen molar-refractivity contribution < 1.29 is 19.4 Å². The van der Waals surface area contributed by atoms with E-state index in [-0.39, 0.29) is 18.3 Å². The van der Waals surface area contributed by atoms with Crippen LogP contribution in [0.5, 0.6) is 11.5 Å². The van der Waals surface area contributed by atoms with Crippen LogP contribution in [-0.2, 0) is 11.3 Å². The summed E-state index contributed by atoms with van der Waals surface area (Å²) < 4.78 is 11.6. The fourth-order valence-corrected chi connectivity index (χ4v) is 7.09. The number of phenolic OH excluding ortho intramolecular Hbond substituents is 1. The second-order valence-corrected chi connectivity index (χ2v) is 12.1. The minimum absolute atomic E-state index is 0.0698. The number of carbonyl (C=O) groups excluding carboxylic acids is 1. The smallest absolute Gasteiger partial charge is 0.410 e. The third-order valence-electron chi connectivity index (χ3n) is 9.21. The number of carbonyl (C=O) groups is 1. The van der Waals surface area contributed by atoms with Crippen LogP contribution >= 0.6 is 0 Å². The first kappa shape index (κ1) is 26.9. The van der Waals surface area contributed by atoms with Crippen molar-refractivity contribution in [3.63, 3.8) is 0 Å². The van der Waals surface area contributed by atoms with E-state index in [9.17, 15) is 9.90 Å². The molecule has 0 aliphatic carbocycles. The number of nitrogens with zero attached hydrogens (tertiary/aromatic N) is 4. The third-order valence-corrected chi connectivity index (χ3v) is 9.21. The number of amides is 1. The molecule has 220 valence electrons. The number of anilines is 2. The van der Waals surface area contributed by atoms with Crippen molar-refractivity contribution in [2.24, 2.45) is 11.7 Å². The van der Waals surface area contributed by atoms with Gasteiger partial charge in [0, 0.05) is 62.5 Å². The zero-order chi connectivity index (χ0) is 28.6. The van der Waals surface area contributed by atoms with Gasteiger partial charge in [-0.3, -0.25) is 4.90 Å². The maximum absolute atomic E-state index is 12.3. The van der Waals surface area contributed by atoms with Gasteiger partial charge >= 0.3 is 6.09 Å². The summed E-state index contributed by atoms with van der Waals surface area (Å²) in [7, 11) is 0. The molecule has 9 nitrogen and oxygen atoms in total. The number of para-hydroxylation sites is 2. The summed E-state index contributed by atoms with van der Waals surface area (Å²) in [6.45, 7) is 4.83. The number of hydrogen-bond donors (Lipinski definition) is 2. The van der Waals surface area contributed by atoms with Crippen LogP contribution in [0.2, 0.25) is 0 Å². The Kier molecular flexibility index (Phi) is 7.29. The third kappa shape index (κ3) is 5.23. The predicted molar refractivity (Wildman–Crippen MR) is 162 cm³/mol. The molecule has 4 aliphatic rings. The molecule has 3 N–H and O–H groups in total. The van der Waals surface area contributed by atoms with Gasteiger partial charge in [0.1, 0.15) is 18.1 Å². The van der Waals surface area contributed by atoms with Crippen molar-refractivity contribution in [3.8, 4) is 11.5 Å². The van der Waals surface area contributed by atoms with Crippen molar-refractivity contribution in [1.82, 2.24) is 9.80 Å². The Morgan fingerprint density at radius 2 is 1.62 bits per heavy atom. The summed E-state index contributed by atoms with van der Waals surface area (Å²) in [6, 6.07) is 26.6. The number of likely N-dealkylation sites (tertiary alicyclic amines) is 2. The zero-order valence-electron chi connectivity index (χ0n) is 23.8. The molecule has 4 aliphatic heterocycles. The van der Waals surface area contributed by atoms with Crippen molar-refractivity contribution >= 4 is 17.5 Å². The van der Waals surface area contributed by atoms with Crippen LogP contribution < -0.4 is 20.3 Å². The Morgan fingerprint density at radius 1 is 0.881 bits per heavy atom. The number of rotatable bonds is 8. The van der Waals surface area contributed by atoms with E-state index in [0.29, 0.717) is 50.1 Å². The van der Waals surface area contributed by atoms with Crippen molar-refractivity contribution in [3.05, 3.63) is 84.4 Å². The Balaban J connectivity index is 0.917. The molecule has 42 heavy (non-hydrogen) atoms. The number of aromatic hydroxyl groups is 1. The zero-order valence-corrected chi connectivity index (χ0v) is 23.8. The van der Waals surface area contributed by atoms with Crippen molar-refractivity contribution in [2.45, 2.75) is 43.7 Å². The topological polar surface area (TPSA) is 94.7 Å². The monoisotopic (exact) mass is 569 g/mol. The summed E-state index contributed by atoms with van der Waals surface area (Å²) in [5.74, 6) is 1.48. The predicted octanol–water partition coefficient (Wildman–Crippen LogP) is 3.87. The van der Waals surface area contributed by atoms with E-state index in [1.54, 1.807) is 11.0 Å². The molecule has 1 amide bonds. The minimum atomic E-state index is -0.265. The summed E-state index contributed by atoms with van der Waals surface area (Å²) in [4.78, 5) is 21.4. The molecule has 0 aromatic heterocycles. The first-order valence-electron chi connectivity index (χ1n) is 15.0. The van der Waals surface area contributed by atoms with Gasteiger partial charge in [0.25, 0.3) is 0 Å².